The molecule has 0 aliphatic carbocycles. The highest BCUT2D eigenvalue weighted by atomic mass is 35.5. The third kappa shape index (κ3) is 2.66. The summed E-state index contributed by atoms with van der Waals surface area (Å²) in [4.78, 5) is 0. The molecule has 0 atom stereocenters. The predicted molar refractivity (Wildman–Crippen MR) is 76.0 cm³/mol. The van der Waals surface area contributed by atoms with Gasteiger partial charge in [-0.1, -0.05) is 65.3 Å². The molecule has 0 aliphatic heterocycles. The molecule has 2 aromatic carbocycles. The van der Waals surface area contributed by atoms with Gasteiger partial charge in [-0.3, -0.25) is 0 Å². The first-order valence-electron chi connectivity index (χ1n) is 6.02. The van der Waals surface area contributed by atoms with Gasteiger partial charge in [0.2, 0.25) is 0 Å². The number of aromatic nitrogens is 3. The van der Waals surface area contributed by atoms with Crippen LogP contribution in [0.1, 0.15) is 5.56 Å². The summed E-state index contributed by atoms with van der Waals surface area (Å²) in [7, 11) is 0. The van der Waals surface area contributed by atoms with Crippen LogP contribution in [-0.4, -0.2) is 15.0 Å². The largest absolute Gasteiger partial charge is 0.247 e. The van der Waals surface area contributed by atoms with E-state index in [4.69, 9.17) is 11.6 Å². The molecule has 0 fully saturated rings. The monoisotopic (exact) mass is 269 g/mol. The number of hydrogen-bond donors (Lipinski definition) is 0. The van der Waals surface area contributed by atoms with Crippen molar-refractivity contribution >= 4 is 11.6 Å². The second-order valence-corrected chi connectivity index (χ2v) is 4.67. The standard InChI is InChI=1S/C15H12ClN3/c16-14-9-5-4-8-13(14)15-11-19(18-17-15)10-12-6-2-1-3-7-12/h1-9,11H,10H2. The molecule has 0 unspecified atom stereocenters. The fraction of sp³-hybridized carbons (Fsp3) is 0.0667. The second kappa shape index (κ2) is 5.24. The third-order valence-electron chi connectivity index (χ3n) is 2.88. The van der Waals surface area contributed by atoms with E-state index in [9.17, 15) is 0 Å². The average molecular weight is 270 g/mol. The summed E-state index contributed by atoms with van der Waals surface area (Å²) in [6, 6.07) is 17.8. The summed E-state index contributed by atoms with van der Waals surface area (Å²) in [5.41, 5.74) is 2.89. The van der Waals surface area contributed by atoms with Gasteiger partial charge >= 0.3 is 0 Å². The second-order valence-electron chi connectivity index (χ2n) is 4.27. The predicted octanol–water partition coefficient (Wildman–Crippen LogP) is 3.65. The Morgan fingerprint density at radius 2 is 1.68 bits per heavy atom. The van der Waals surface area contributed by atoms with Gasteiger partial charge in [-0.2, -0.15) is 0 Å². The molecule has 94 valence electrons. The Bertz CT molecular complexity index is 677. The molecule has 0 N–H and O–H groups in total. The van der Waals surface area contributed by atoms with E-state index in [1.54, 1.807) is 0 Å². The molecule has 0 saturated heterocycles. The Morgan fingerprint density at radius 1 is 0.947 bits per heavy atom. The van der Waals surface area contributed by atoms with Crippen LogP contribution in [0.15, 0.2) is 60.8 Å². The Balaban J connectivity index is 1.86. The molecule has 3 nitrogen and oxygen atoms in total. The van der Waals surface area contributed by atoms with Gasteiger partial charge in [0.1, 0.15) is 5.69 Å². The van der Waals surface area contributed by atoms with Gasteiger partial charge in [0, 0.05) is 5.56 Å². The van der Waals surface area contributed by atoms with Crippen LogP contribution in [0, 0.1) is 0 Å². The molecule has 0 bridgehead atoms. The van der Waals surface area contributed by atoms with Gasteiger partial charge in [-0.05, 0) is 11.6 Å². The van der Waals surface area contributed by atoms with Crippen molar-refractivity contribution in [2.75, 3.05) is 0 Å². The van der Waals surface area contributed by atoms with Gasteiger partial charge in [-0.15, -0.1) is 5.10 Å². The minimum absolute atomic E-state index is 0.689. The molecular weight excluding hydrogens is 258 g/mol. The lowest BCUT2D eigenvalue weighted by Crippen LogP contribution is -1.99. The topological polar surface area (TPSA) is 30.7 Å². The molecule has 0 aliphatic rings. The Labute approximate surface area is 116 Å². The quantitative estimate of drug-likeness (QED) is 0.727. The van der Waals surface area contributed by atoms with Crippen molar-refractivity contribution in [3.8, 4) is 11.3 Å². The van der Waals surface area contributed by atoms with Crippen molar-refractivity contribution in [3.05, 3.63) is 71.4 Å². The zero-order valence-electron chi connectivity index (χ0n) is 10.2. The van der Waals surface area contributed by atoms with Crippen LogP contribution >= 0.6 is 11.6 Å². The molecule has 19 heavy (non-hydrogen) atoms. The summed E-state index contributed by atoms with van der Waals surface area (Å²) < 4.78 is 1.81. The van der Waals surface area contributed by atoms with Crippen molar-refractivity contribution in [1.82, 2.24) is 15.0 Å². The number of hydrogen-bond acceptors (Lipinski definition) is 2. The lowest BCUT2D eigenvalue weighted by molar-refractivity contribution is 0.650. The summed E-state index contributed by atoms with van der Waals surface area (Å²) in [6.45, 7) is 0.707. The first-order chi connectivity index (χ1) is 9.33. The zero-order chi connectivity index (χ0) is 13.1. The van der Waals surface area contributed by atoms with Crippen LogP contribution in [0.2, 0.25) is 5.02 Å². The molecule has 1 heterocycles. The zero-order valence-corrected chi connectivity index (χ0v) is 11.0. The summed E-state index contributed by atoms with van der Waals surface area (Å²) in [6.07, 6.45) is 1.91. The van der Waals surface area contributed by atoms with Gasteiger partial charge < -0.3 is 0 Å². The lowest BCUT2D eigenvalue weighted by atomic mass is 10.2. The van der Waals surface area contributed by atoms with Crippen molar-refractivity contribution in [3.63, 3.8) is 0 Å². The van der Waals surface area contributed by atoms with Crippen molar-refractivity contribution < 1.29 is 0 Å². The normalized spacial score (nSPS) is 10.6. The van der Waals surface area contributed by atoms with Gasteiger partial charge in [0.25, 0.3) is 0 Å². The minimum atomic E-state index is 0.689. The minimum Gasteiger partial charge on any atom is -0.247 e. The molecular formula is C15H12ClN3. The van der Waals surface area contributed by atoms with E-state index in [-0.39, 0.29) is 0 Å². The van der Waals surface area contributed by atoms with E-state index in [1.165, 1.54) is 5.56 Å². The number of nitrogens with zero attached hydrogens (tertiary/aromatic N) is 3. The van der Waals surface area contributed by atoms with E-state index in [0.717, 1.165) is 11.3 Å². The number of benzene rings is 2. The van der Waals surface area contributed by atoms with Crippen LogP contribution in [0.25, 0.3) is 11.3 Å². The van der Waals surface area contributed by atoms with Crippen LogP contribution < -0.4 is 0 Å². The maximum atomic E-state index is 6.15. The first kappa shape index (κ1) is 11.9. The lowest BCUT2D eigenvalue weighted by Gasteiger charge is -2.00. The molecule has 0 spiro atoms. The Morgan fingerprint density at radius 3 is 2.47 bits per heavy atom. The number of halogens is 1. The molecule has 3 rings (SSSR count). The first-order valence-corrected chi connectivity index (χ1v) is 6.40. The Hall–Kier alpha value is -2.13. The maximum Gasteiger partial charge on any atom is 0.114 e. The van der Waals surface area contributed by atoms with E-state index in [0.29, 0.717) is 11.6 Å². The van der Waals surface area contributed by atoms with E-state index >= 15 is 0 Å². The SMILES string of the molecule is Clc1ccccc1-c1cn(Cc2ccccc2)nn1. The van der Waals surface area contributed by atoms with Gasteiger partial charge in [-0.25, -0.2) is 4.68 Å². The fourth-order valence-corrected chi connectivity index (χ4v) is 2.17. The van der Waals surface area contributed by atoms with Crippen molar-refractivity contribution in [2.45, 2.75) is 6.54 Å². The van der Waals surface area contributed by atoms with E-state index in [2.05, 4.69) is 22.4 Å². The van der Waals surface area contributed by atoms with E-state index < -0.39 is 0 Å². The molecule has 1 aromatic heterocycles. The maximum absolute atomic E-state index is 6.15. The molecule has 0 saturated carbocycles. The fourth-order valence-electron chi connectivity index (χ4n) is 1.94. The van der Waals surface area contributed by atoms with Gasteiger partial charge in [0.15, 0.2) is 0 Å². The van der Waals surface area contributed by atoms with Gasteiger partial charge in [0.05, 0.1) is 17.8 Å². The summed E-state index contributed by atoms with van der Waals surface area (Å²) in [5, 5.41) is 9.00. The summed E-state index contributed by atoms with van der Waals surface area (Å²) in [5.74, 6) is 0. The Kier molecular flexibility index (Phi) is 3.29. The highest BCUT2D eigenvalue weighted by molar-refractivity contribution is 6.33. The van der Waals surface area contributed by atoms with Crippen LogP contribution in [0.5, 0.6) is 0 Å². The highest BCUT2D eigenvalue weighted by Crippen LogP contribution is 2.25. The van der Waals surface area contributed by atoms with Crippen LogP contribution in [0.4, 0.5) is 0 Å². The smallest absolute Gasteiger partial charge is 0.114 e. The third-order valence-corrected chi connectivity index (χ3v) is 3.21. The van der Waals surface area contributed by atoms with Crippen LogP contribution in [-0.2, 0) is 6.54 Å². The molecule has 0 radical (unpaired) electrons. The number of rotatable bonds is 3. The summed E-state index contributed by atoms with van der Waals surface area (Å²) >= 11 is 6.15. The van der Waals surface area contributed by atoms with Crippen molar-refractivity contribution in [2.24, 2.45) is 0 Å². The molecule has 0 amide bonds. The van der Waals surface area contributed by atoms with E-state index in [1.807, 2.05) is 53.3 Å². The average Bonchev–Trinajstić information content (AvgIpc) is 2.89. The molecule has 4 heteroatoms. The van der Waals surface area contributed by atoms with Crippen LogP contribution in [0.3, 0.4) is 0 Å². The highest BCUT2D eigenvalue weighted by Gasteiger charge is 2.07. The molecule has 3 aromatic rings. The van der Waals surface area contributed by atoms with Crippen molar-refractivity contribution in [1.29, 1.82) is 0 Å².